The molecule has 0 saturated carbocycles. The van der Waals surface area contributed by atoms with Crippen LogP contribution in [0.2, 0.25) is 0 Å². The van der Waals surface area contributed by atoms with Crippen LogP contribution in [0.25, 0.3) is 0 Å². The highest BCUT2D eigenvalue weighted by Crippen LogP contribution is 2.29. The smallest absolute Gasteiger partial charge is 0.104 e. The van der Waals surface area contributed by atoms with Gasteiger partial charge in [-0.2, -0.15) is 0 Å². The summed E-state index contributed by atoms with van der Waals surface area (Å²) >= 11 is 0. The van der Waals surface area contributed by atoms with E-state index in [4.69, 9.17) is 14.2 Å². The van der Waals surface area contributed by atoms with Gasteiger partial charge in [0.05, 0.1) is 26.4 Å². The maximum absolute atomic E-state index is 5.03. The number of rotatable bonds is 4. The lowest BCUT2D eigenvalue weighted by molar-refractivity contribution is -0.103. The molecule has 0 amide bonds. The molecule has 3 heteroatoms. The van der Waals surface area contributed by atoms with E-state index >= 15 is 0 Å². The van der Waals surface area contributed by atoms with Crippen LogP contribution in [-0.2, 0) is 14.2 Å². The molecular formula is C11H22O3. The van der Waals surface area contributed by atoms with Crippen LogP contribution in [-0.4, -0.2) is 39.1 Å². The first-order valence-corrected chi connectivity index (χ1v) is 5.47. The summed E-state index contributed by atoms with van der Waals surface area (Å²) in [4.78, 5) is 0. The zero-order valence-electron chi connectivity index (χ0n) is 9.54. The minimum Gasteiger partial charge on any atom is -0.380 e. The molecule has 2 aliphatic heterocycles. The van der Waals surface area contributed by atoms with E-state index < -0.39 is 0 Å². The monoisotopic (exact) mass is 202 g/mol. The van der Waals surface area contributed by atoms with Crippen LogP contribution in [0.4, 0.5) is 0 Å². The van der Waals surface area contributed by atoms with Crippen molar-refractivity contribution in [1.29, 1.82) is 0 Å². The third-order valence-electron chi connectivity index (χ3n) is 2.66. The van der Waals surface area contributed by atoms with Gasteiger partial charge in [0, 0.05) is 12.0 Å². The predicted octanol–water partition coefficient (Wildman–Crippen LogP) is 1.85. The van der Waals surface area contributed by atoms with Crippen molar-refractivity contribution in [2.75, 3.05) is 33.0 Å². The highest BCUT2D eigenvalue weighted by Gasteiger charge is 2.30. The highest BCUT2D eigenvalue weighted by molar-refractivity contribution is 4.78. The quantitative estimate of drug-likeness (QED) is 0.652. The summed E-state index contributed by atoms with van der Waals surface area (Å²) < 4.78 is 14.9. The normalized spacial score (nSPS) is 27.2. The first-order valence-electron chi connectivity index (χ1n) is 5.47. The topological polar surface area (TPSA) is 31.0 Å². The largest absolute Gasteiger partial charge is 0.380 e. The molecule has 2 saturated heterocycles. The molecule has 1 atom stereocenters. The lowest BCUT2D eigenvalue weighted by Gasteiger charge is -2.36. The molecule has 2 heterocycles. The Hall–Kier alpha value is -0.120. The average molecular weight is 202 g/mol. The van der Waals surface area contributed by atoms with E-state index in [2.05, 4.69) is 13.8 Å². The van der Waals surface area contributed by atoms with Crippen LogP contribution in [0.3, 0.4) is 0 Å². The van der Waals surface area contributed by atoms with Crippen molar-refractivity contribution >= 4 is 0 Å². The zero-order chi connectivity index (χ0) is 10.4. The molecular weight excluding hydrogens is 180 g/mol. The first kappa shape index (κ1) is 12.0. The summed E-state index contributed by atoms with van der Waals surface area (Å²) in [6.45, 7) is 10.9. The number of hydrogen-bond donors (Lipinski definition) is 0. The van der Waals surface area contributed by atoms with Crippen molar-refractivity contribution in [3.8, 4) is 0 Å². The van der Waals surface area contributed by atoms with Gasteiger partial charge in [-0.25, -0.2) is 0 Å². The maximum Gasteiger partial charge on any atom is 0.104 e. The maximum atomic E-state index is 5.03. The molecule has 2 rings (SSSR count). The molecule has 0 aliphatic carbocycles. The van der Waals surface area contributed by atoms with Gasteiger partial charge < -0.3 is 14.2 Å². The van der Waals surface area contributed by atoms with E-state index in [9.17, 15) is 0 Å². The van der Waals surface area contributed by atoms with Gasteiger partial charge in [0.25, 0.3) is 0 Å². The second-order valence-electron chi connectivity index (χ2n) is 4.27. The Bertz CT molecular complexity index is 145. The molecule has 0 bridgehead atoms. The summed E-state index contributed by atoms with van der Waals surface area (Å²) in [5.41, 5.74) is 0.542. The van der Waals surface area contributed by atoms with Gasteiger partial charge >= 0.3 is 0 Å². The first-order chi connectivity index (χ1) is 6.70. The Morgan fingerprint density at radius 1 is 1.36 bits per heavy atom. The Morgan fingerprint density at radius 3 is 2.21 bits per heavy atom. The molecule has 84 valence electrons. The van der Waals surface area contributed by atoms with Crippen LogP contribution < -0.4 is 0 Å². The number of epoxide rings is 1. The second-order valence-corrected chi connectivity index (χ2v) is 4.27. The molecule has 0 N–H and O–H groups in total. The van der Waals surface area contributed by atoms with E-state index in [0.29, 0.717) is 11.5 Å². The predicted molar refractivity (Wildman–Crippen MR) is 55.5 cm³/mol. The molecule has 0 aromatic rings. The Morgan fingerprint density at radius 2 is 2.00 bits per heavy atom. The molecule has 14 heavy (non-hydrogen) atoms. The standard InChI is InChI=1S/C6H12O.C5H10O2/c1-3-6(2)4-7-5-6;1-2-6-3-5-4-7-5/h3-5H2,1-2H3;5H,2-4H2,1H3. The van der Waals surface area contributed by atoms with Gasteiger partial charge in [0.15, 0.2) is 0 Å². The molecule has 0 aromatic carbocycles. The lowest BCUT2D eigenvalue weighted by atomic mass is 9.86. The van der Waals surface area contributed by atoms with E-state index in [-0.39, 0.29) is 0 Å². The molecule has 3 nitrogen and oxygen atoms in total. The number of hydrogen-bond acceptors (Lipinski definition) is 3. The summed E-state index contributed by atoms with van der Waals surface area (Å²) in [5.74, 6) is 0. The molecule has 0 spiro atoms. The fraction of sp³-hybridized carbons (Fsp3) is 1.00. The van der Waals surface area contributed by atoms with Crippen LogP contribution in [0.15, 0.2) is 0 Å². The van der Waals surface area contributed by atoms with Crippen molar-refractivity contribution in [2.45, 2.75) is 33.3 Å². The van der Waals surface area contributed by atoms with E-state index in [1.165, 1.54) is 6.42 Å². The van der Waals surface area contributed by atoms with Gasteiger partial charge in [-0.15, -0.1) is 0 Å². The SMILES string of the molecule is CCC1(C)COC1.CCOCC1CO1. The summed E-state index contributed by atoms with van der Waals surface area (Å²) in [6, 6.07) is 0. The van der Waals surface area contributed by atoms with Crippen molar-refractivity contribution in [3.63, 3.8) is 0 Å². The van der Waals surface area contributed by atoms with E-state index in [0.717, 1.165) is 33.0 Å². The van der Waals surface area contributed by atoms with Gasteiger partial charge in [0.2, 0.25) is 0 Å². The third-order valence-corrected chi connectivity index (χ3v) is 2.66. The van der Waals surface area contributed by atoms with Crippen LogP contribution in [0.1, 0.15) is 27.2 Å². The fourth-order valence-electron chi connectivity index (χ4n) is 1.07. The Kier molecular flexibility index (Phi) is 4.85. The van der Waals surface area contributed by atoms with Crippen LogP contribution >= 0.6 is 0 Å². The van der Waals surface area contributed by atoms with Crippen molar-refractivity contribution in [2.24, 2.45) is 5.41 Å². The van der Waals surface area contributed by atoms with Crippen molar-refractivity contribution in [1.82, 2.24) is 0 Å². The average Bonchev–Trinajstić information content (AvgIpc) is 2.95. The van der Waals surface area contributed by atoms with E-state index in [1.807, 2.05) is 6.92 Å². The highest BCUT2D eigenvalue weighted by atomic mass is 16.6. The summed E-state index contributed by atoms with van der Waals surface area (Å²) in [5, 5.41) is 0. The Balaban J connectivity index is 0.000000140. The minimum absolute atomic E-state index is 0.431. The van der Waals surface area contributed by atoms with Crippen molar-refractivity contribution < 1.29 is 14.2 Å². The zero-order valence-corrected chi connectivity index (χ0v) is 9.54. The molecule has 2 fully saturated rings. The third kappa shape index (κ3) is 4.40. The summed E-state index contributed by atoms with van der Waals surface area (Å²) in [7, 11) is 0. The van der Waals surface area contributed by atoms with Crippen molar-refractivity contribution in [3.05, 3.63) is 0 Å². The van der Waals surface area contributed by atoms with Crippen LogP contribution in [0, 0.1) is 5.41 Å². The van der Waals surface area contributed by atoms with E-state index in [1.54, 1.807) is 0 Å². The molecule has 1 unspecified atom stereocenters. The lowest BCUT2D eigenvalue weighted by Crippen LogP contribution is -2.38. The summed E-state index contributed by atoms with van der Waals surface area (Å²) in [6.07, 6.45) is 1.69. The van der Waals surface area contributed by atoms with Crippen LogP contribution in [0.5, 0.6) is 0 Å². The fourth-order valence-corrected chi connectivity index (χ4v) is 1.07. The van der Waals surface area contributed by atoms with Gasteiger partial charge in [0.1, 0.15) is 6.10 Å². The van der Waals surface area contributed by atoms with Gasteiger partial charge in [-0.3, -0.25) is 0 Å². The van der Waals surface area contributed by atoms with Gasteiger partial charge in [-0.05, 0) is 13.3 Å². The minimum atomic E-state index is 0.431. The molecule has 0 aromatic heterocycles. The second kappa shape index (κ2) is 5.69. The molecule has 2 aliphatic rings. The number of ether oxygens (including phenoxy) is 3. The Labute approximate surface area is 86.7 Å². The molecule has 0 radical (unpaired) electrons. The van der Waals surface area contributed by atoms with Gasteiger partial charge in [-0.1, -0.05) is 13.8 Å².